The Morgan fingerprint density at radius 3 is 2.41 bits per heavy atom. The summed E-state index contributed by atoms with van der Waals surface area (Å²) in [5.74, 6) is 2.37. The molecule has 1 aliphatic rings. The molecule has 1 saturated heterocycles. The van der Waals surface area contributed by atoms with Crippen LogP contribution < -0.4 is 0 Å². The first-order valence-corrected chi connectivity index (χ1v) is 7.66. The summed E-state index contributed by atoms with van der Waals surface area (Å²) in [6.07, 6.45) is 0. The largest absolute Gasteiger partial charge is 0.372 e. The molecule has 0 spiro atoms. The van der Waals surface area contributed by atoms with Crippen LogP contribution in [-0.4, -0.2) is 35.8 Å². The van der Waals surface area contributed by atoms with Gasteiger partial charge in [0.25, 0.3) is 0 Å². The van der Waals surface area contributed by atoms with Crippen molar-refractivity contribution in [1.29, 1.82) is 0 Å². The molecule has 1 aromatic rings. The zero-order valence-corrected chi connectivity index (χ0v) is 11.3. The fraction of sp³-hybridized carbons (Fsp3) is 0.500. The molecule has 1 aliphatic heterocycles. The van der Waals surface area contributed by atoms with Crippen LogP contribution in [0.2, 0.25) is 0 Å². The van der Waals surface area contributed by atoms with Gasteiger partial charge in [0.05, 0.1) is 13.2 Å². The van der Waals surface area contributed by atoms with Gasteiger partial charge >= 0.3 is 0 Å². The van der Waals surface area contributed by atoms with Crippen molar-refractivity contribution in [1.82, 2.24) is 0 Å². The lowest BCUT2D eigenvalue weighted by Crippen LogP contribution is -2.38. The molecule has 2 nitrogen and oxygen atoms in total. The molecular weight excluding hydrogens is 232 g/mol. The monoisotopic (exact) mass is 251 g/mol. The van der Waals surface area contributed by atoms with Gasteiger partial charge in [-0.25, -0.2) is 0 Å². The van der Waals surface area contributed by atoms with E-state index in [9.17, 15) is 4.79 Å². The zero-order valence-electron chi connectivity index (χ0n) is 10.4. The Morgan fingerprint density at radius 2 is 1.82 bits per heavy atom. The molecule has 1 unspecified atom stereocenters. The number of carbonyl (C=O) groups is 1. The van der Waals surface area contributed by atoms with E-state index >= 15 is 0 Å². The number of Topliss-reactive ketones (excluding diaryl/α,β-unsaturated/α-hetero) is 1. The molecular formula is C14H19O2S+. The average molecular weight is 251 g/mol. The average Bonchev–Trinajstić information content (AvgIpc) is 2.39. The Balaban J connectivity index is 2.05. The fourth-order valence-corrected chi connectivity index (χ4v) is 4.01. The number of carbonyl (C=O) groups excluding carboxylic acids is 1. The predicted octanol–water partition coefficient (Wildman–Crippen LogP) is 2.21. The first kappa shape index (κ1) is 12.7. The maximum Gasteiger partial charge on any atom is 0.214 e. The first-order chi connectivity index (χ1) is 8.18. The van der Waals surface area contributed by atoms with Gasteiger partial charge in [-0.15, -0.1) is 0 Å². The topological polar surface area (TPSA) is 26.3 Å². The molecule has 0 saturated carbocycles. The second-order valence-electron chi connectivity index (χ2n) is 4.43. The summed E-state index contributed by atoms with van der Waals surface area (Å²) in [5, 5.41) is 0.140. The van der Waals surface area contributed by atoms with Crippen LogP contribution in [0.4, 0.5) is 0 Å². The van der Waals surface area contributed by atoms with Crippen molar-refractivity contribution in [3.63, 3.8) is 0 Å². The molecule has 3 heteroatoms. The van der Waals surface area contributed by atoms with Gasteiger partial charge in [0.2, 0.25) is 5.78 Å². The Morgan fingerprint density at radius 1 is 1.24 bits per heavy atom. The highest BCUT2D eigenvalue weighted by atomic mass is 32.2. The quantitative estimate of drug-likeness (QED) is 0.608. The molecule has 2 rings (SSSR count). The normalized spacial score (nSPS) is 18.9. The molecule has 0 amide bonds. The highest BCUT2D eigenvalue weighted by Gasteiger charge is 2.34. The van der Waals surface area contributed by atoms with Gasteiger partial charge < -0.3 is 4.74 Å². The van der Waals surface area contributed by atoms with Gasteiger partial charge in [-0.3, -0.25) is 4.79 Å². The van der Waals surface area contributed by atoms with Crippen LogP contribution in [0.15, 0.2) is 24.3 Å². The Hall–Kier alpha value is -0.800. The molecule has 0 aliphatic carbocycles. The van der Waals surface area contributed by atoms with Gasteiger partial charge in [-0.05, 0) is 13.8 Å². The number of ether oxygens (including phenoxy) is 1. The lowest BCUT2D eigenvalue weighted by molar-refractivity contribution is 0.0991. The van der Waals surface area contributed by atoms with Gasteiger partial charge in [0.15, 0.2) is 5.25 Å². The molecule has 0 aromatic heterocycles. The van der Waals surface area contributed by atoms with E-state index in [4.69, 9.17) is 4.74 Å². The van der Waals surface area contributed by atoms with Crippen molar-refractivity contribution in [3.05, 3.63) is 35.4 Å². The standard InChI is InChI=1S/C14H19O2S/c1-11-3-5-13(6-4-11)14(15)12(2)17-9-7-16-8-10-17/h3-6,12H,7-10H2,1-2H3/q+1. The van der Waals surface area contributed by atoms with E-state index < -0.39 is 0 Å². The number of hydrogen-bond acceptors (Lipinski definition) is 2. The Labute approximate surface area is 106 Å². The highest BCUT2D eigenvalue weighted by molar-refractivity contribution is 7.98. The molecule has 1 fully saturated rings. The summed E-state index contributed by atoms with van der Waals surface area (Å²) in [6, 6.07) is 7.90. The van der Waals surface area contributed by atoms with E-state index in [2.05, 4.69) is 6.92 Å². The summed E-state index contributed by atoms with van der Waals surface area (Å²) in [5.41, 5.74) is 2.05. The van der Waals surface area contributed by atoms with E-state index in [0.717, 1.165) is 30.3 Å². The molecule has 0 bridgehead atoms. The second-order valence-corrected chi connectivity index (χ2v) is 7.03. The molecule has 0 radical (unpaired) electrons. The third-order valence-electron chi connectivity index (χ3n) is 3.19. The third-order valence-corrected chi connectivity index (χ3v) is 5.78. The van der Waals surface area contributed by atoms with Crippen LogP contribution in [0.1, 0.15) is 22.8 Å². The molecule has 1 heterocycles. The lowest BCUT2D eigenvalue weighted by Gasteiger charge is -2.19. The molecule has 0 N–H and O–H groups in total. The van der Waals surface area contributed by atoms with Crippen LogP contribution in [0, 0.1) is 6.92 Å². The summed E-state index contributed by atoms with van der Waals surface area (Å²) in [4.78, 5) is 12.3. The number of hydrogen-bond donors (Lipinski definition) is 0. The van der Waals surface area contributed by atoms with E-state index in [-0.39, 0.29) is 21.9 Å². The third kappa shape index (κ3) is 3.11. The SMILES string of the molecule is Cc1ccc(C(=O)C(C)[S+]2CCOCC2)cc1. The van der Waals surface area contributed by atoms with Gasteiger partial charge in [-0.2, -0.15) is 0 Å². The Kier molecular flexibility index (Phi) is 4.24. The maximum absolute atomic E-state index is 12.3. The number of rotatable bonds is 3. The number of benzene rings is 1. The first-order valence-electron chi connectivity index (χ1n) is 6.03. The highest BCUT2D eigenvalue weighted by Crippen LogP contribution is 2.16. The van der Waals surface area contributed by atoms with Crippen LogP contribution in [-0.2, 0) is 15.6 Å². The van der Waals surface area contributed by atoms with Crippen molar-refractivity contribution < 1.29 is 9.53 Å². The van der Waals surface area contributed by atoms with Gasteiger partial charge in [0.1, 0.15) is 11.5 Å². The van der Waals surface area contributed by atoms with Gasteiger partial charge in [-0.1, -0.05) is 29.8 Å². The van der Waals surface area contributed by atoms with Crippen LogP contribution in [0.3, 0.4) is 0 Å². The molecule has 17 heavy (non-hydrogen) atoms. The van der Waals surface area contributed by atoms with Crippen molar-refractivity contribution in [2.45, 2.75) is 19.1 Å². The predicted molar refractivity (Wildman–Crippen MR) is 72.9 cm³/mol. The number of ketones is 1. The number of aryl methyl sites for hydroxylation is 1. The minimum absolute atomic E-state index is 0.140. The molecule has 1 atom stereocenters. The van der Waals surface area contributed by atoms with Crippen molar-refractivity contribution >= 4 is 16.7 Å². The minimum Gasteiger partial charge on any atom is -0.372 e. The molecule has 92 valence electrons. The summed E-state index contributed by atoms with van der Waals surface area (Å²) in [7, 11) is 0.200. The van der Waals surface area contributed by atoms with E-state index in [1.807, 2.05) is 31.2 Å². The van der Waals surface area contributed by atoms with Crippen molar-refractivity contribution in [3.8, 4) is 0 Å². The van der Waals surface area contributed by atoms with E-state index in [1.165, 1.54) is 5.56 Å². The van der Waals surface area contributed by atoms with Gasteiger partial charge in [0, 0.05) is 16.5 Å². The lowest BCUT2D eigenvalue weighted by atomic mass is 10.1. The zero-order chi connectivity index (χ0) is 12.3. The second kappa shape index (κ2) is 5.69. The van der Waals surface area contributed by atoms with Crippen molar-refractivity contribution in [2.24, 2.45) is 0 Å². The smallest absolute Gasteiger partial charge is 0.214 e. The summed E-state index contributed by atoms with van der Waals surface area (Å²) < 4.78 is 5.35. The fourth-order valence-electron chi connectivity index (χ4n) is 1.99. The summed E-state index contributed by atoms with van der Waals surface area (Å²) >= 11 is 0. The summed E-state index contributed by atoms with van der Waals surface area (Å²) in [6.45, 7) is 5.73. The van der Waals surface area contributed by atoms with Crippen LogP contribution in [0.5, 0.6) is 0 Å². The maximum atomic E-state index is 12.3. The van der Waals surface area contributed by atoms with E-state index in [0.29, 0.717) is 0 Å². The molecule has 1 aromatic carbocycles. The minimum atomic E-state index is 0.140. The van der Waals surface area contributed by atoms with Crippen LogP contribution in [0.25, 0.3) is 0 Å². The Bertz CT molecular complexity index is 380. The van der Waals surface area contributed by atoms with Crippen molar-refractivity contribution in [2.75, 3.05) is 24.7 Å². The van der Waals surface area contributed by atoms with Crippen LogP contribution >= 0.6 is 0 Å². The van der Waals surface area contributed by atoms with E-state index in [1.54, 1.807) is 0 Å².